The molecule has 1 aliphatic heterocycles. The summed E-state index contributed by atoms with van der Waals surface area (Å²) >= 11 is 0. The third-order valence-corrected chi connectivity index (χ3v) is 3.76. The van der Waals surface area contributed by atoms with Crippen LogP contribution in [0.1, 0.15) is 20.8 Å². The lowest BCUT2D eigenvalue weighted by molar-refractivity contribution is -0.262. The van der Waals surface area contributed by atoms with Gasteiger partial charge in [-0.2, -0.15) is 0 Å². The molecule has 1 radical (unpaired) electrons. The van der Waals surface area contributed by atoms with Crippen LogP contribution in [0.25, 0.3) is 0 Å². The first-order chi connectivity index (χ1) is 11.1. The Kier molecular flexibility index (Phi) is 7.39. The molecule has 1 fully saturated rings. The molecule has 0 saturated carbocycles. The normalized spacial score (nSPS) is 32.7. The lowest BCUT2D eigenvalue weighted by atomic mass is 9.97. The van der Waals surface area contributed by atoms with Gasteiger partial charge in [-0.1, -0.05) is 0 Å². The van der Waals surface area contributed by atoms with Crippen molar-refractivity contribution < 1.29 is 39.2 Å². The number of amides is 2. The first kappa shape index (κ1) is 20.6. The van der Waals surface area contributed by atoms with E-state index in [4.69, 9.17) is 20.3 Å². The van der Waals surface area contributed by atoms with Crippen LogP contribution in [0.2, 0.25) is 0 Å². The Hall–Kier alpha value is -1.43. The quantitative estimate of drug-likeness (QED) is 0.393. The summed E-state index contributed by atoms with van der Waals surface area (Å²) in [6, 6.07) is -2.29. The monoisotopic (exact) mass is 347 g/mol. The number of hydrogen-bond donors (Lipinski definition) is 4. The molecule has 0 aromatic rings. The largest absolute Gasteiger partial charge is 0.394 e. The highest BCUT2D eigenvalue weighted by atomic mass is 16.6. The second-order valence-electron chi connectivity index (χ2n) is 5.58. The van der Waals surface area contributed by atoms with Crippen molar-refractivity contribution in [2.45, 2.75) is 63.6 Å². The van der Waals surface area contributed by atoms with E-state index in [0.29, 0.717) is 4.90 Å². The van der Waals surface area contributed by atoms with Crippen LogP contribution in [0.3, 0.4) is 0 Å². The molecule has 10 heteroatoms. The third-order valence-electron chi connectivity index (χ3n) is 3.76. The van der Waals surface area contributed by atoms with Gasteiger partial charge in [-0.15, -0.1) is 0 Å². The predicted molar refractivity (Wildman–Crippen MR) is 79.0 cm³/mol. The van der Waals surface area contributed by atoms with Crippen LogP contribution in [0.4, 0.5) is 0 Å². The molecule has 10 nitrogen and oxygen atoms in total. The van der Waals surface area contributed by atoms with E-state index >= 15 is 0 Å². The average Bonchev–Trinajstić information content (AvgIpc) is 2.53. The van der Waals surface area contributed by atoms with Gasteiger partial charge in [0.25, 0.3) is 5.91 Å². The molecule has 0 aromatic carbocycles. The number of hydrogen-bond acceptors (Lipinski definition) is 9. The van der Waals surface area contributed by atoms with Crippen LogP contribution < -0.4 is 5.73 Å². The maximum Gasteiger partial charge on any atom is 0.258 e. The minimum Gasteiger partial charge on any atom is -0.394 e. The second kappa shape index (κ2) is 8.60. The van der Waals surface area contributed by atoms with Crippen molar-refractivity contribution in [1.29, 1.82) is 0 Å². The van der Waals surface area contributed by atoms with Crippen LogP contribution in [0.15, 0.2) is 0 Å². The number of carbonyl (C=O) groups excluding carboxylic acids is 3. The van der Waals surface area contributed by atoms with E-state index in [9.17, 15) is 24.6 Å². The molecule has 0 bridgehead atoms. The molecule has 2 unspecified atom stereocenters. The lowest BCUT2D eigenvalue weighted by Crippen LogP contribution is -2.64. The summed E-state index contributed by atoms with van der Waals surface area (Å²) in [5, 5.41) is 28.9. The van der Waals surface area contributed by atoms with Gasteiger partial charge in [0.2, 0.25) is 12.2 Å². The smallest absolute Gasteiger partial charge is 0.258 e. The van der Waals surface area contributed by atoms with E-state index in [1.165, 1.54) is 20.1 Å². The fraction of sp³-hybridized carbons (Fsp3) is 0.786. The minimum atomic E-state index is -1.51. The van der Waals surface area contributed by atoms with Crippen molar-refractivity contribution >= 4 is 18.1 Å². The van der Waals surface area contributed by atoms with Gasteiger partial charge < -0.3 is 30.5 Å². The van der Waals surface area contributed by atoms with Crippen molar-refractivity contribution in [2.24, 2.45) is 5.73 Å². The fourth-order valence-electron chi connectivity index (χ4n) is 2.44. The van der Waals surface area contributed by atoms with Gasteiger partial charge in [0.1, 0.15) is 30.5 Å². The Morgan fingerprint density at radius 3 is 2.42 bits per heavy atom. The molecule has 0 spiro atoms. The first-order valence-corrected chi connectivity index (χ1v) is 7.40. The summed E-state index contributed by atoms with van der Waals surface area (Å²) in [6.45, 7) is 3.15. The zero-order valence-electron chi connectivity index (χ0n) is 13.7. The number of nitrogens with two attached hydrogens (primary N) is 1. The number of nitrogens with zero attached hydrogens (tertiary/aromatic N) is 1. The van der Waals surface area contributed by atoms with Gasteiger partial charge in [0.05, 0.1) is 12.6 Å². The summed E-state index contributed by atoms with van der Waals surface area (Å²) in [6.07, 6.45) is -4.99. The molecular weight excluding hydrogens is 324 g/mol. The average molecular weight is 347 g/mol. The minimum absolute atomic E-state index is 0.593. The van der Waals surface area contributed by atoms with Gasteiger partial charge in [-0.25, -0.2) is 0 Å². The standard InChI is InChI=1S/C14H23N2O8/c1-6(4-17)16(8(3)19)13(21)7(2)23-12-10(15)14(22)24-9(5-18)11(12)20/h6-7,9-12,14,18,20,22H,5,15H2,1-3H3/t6?,7?,9-,10-,11-,12-,14+/m1/s1. The zero-order valence-corrected chi connectivity index (χ0v) is 13.7. The molecule has 5 N–H and O–H groups in total. The lowest BCUT2D eigenvalue weighted by Gasteiger charge is -2.41. The van der Waals surface area contributed by atoms with E-state index in [1.54, 1.807) is 0 Å². The van der Waals surface area contributed by atoms with E-state index in [0.717, 1.165) is 6.92 Å². The summed E-state index contributed by atoms with van der Waals surface area (Å²) in [5.74, 6) is -1.49. The first-order valence-electron chi connectivity index (χ1n) is 7.40. The number of aliphatic hydroxyl groups excluding tert-OH is 3. The highest BCUT2D eigenvalue weighted by molar-refractivity contribution is 5.98. The predicted octanol–water partition coefficient (Wildman–Crippen LogP) is -2.97. The van der Waals surface area contributed by atoms with Crippen molar-refractivity contribution in [3.8, 4) is 0 Å². The number of carbonyl (C=O) groups is 2. The highest BCUT2D eigenvalue weighted by Crippen LogP contribution is 2.22. The van der Waals surface area contributed by atoms with E-state index in [1.807, 2.05) is 0 Å². The van der Waals surface area contributed by atoms with Crippen LogP contribution in [0.5, 0.6) is 0 Å². The summed E-state index contributed by atoms with van der Waals surface area (Å²) in [4.78, 5) is 35.3. The Morgan fingerprint density at radius 2 is 1.96 bits per heavy atom. The third kappa shape index (κ3) is 4.35. The van der Waals surface area contributed by atoms with Gasteiger partial charge in [-0.05, 0) is 13.8 Å². The summed E-state index contributed by atoms with van der Waals surface area (Å²) in [7, 11) is 0. The van der Waals surface area contributed by atoms with E-state index < -0.39 is 61.2 Å². The molecule has 1 aliphatic rings. The Morgan fingerprint density at radius 1 is 1.38 bits per heavy atom. The number of ether oxygens (including phenoxy) is 2. The van der Waals surface area contributed by atoms with Gasteiger partial charge in [0.15, 0.2) is 6.29 Å². The topological polar surface area (TPSA) is 160 Å². The summed E-state index contributed by atoms with van der Waals surface area (Å²) in [5.41, 5.74) is 5.70. The molecule has 1 rings (SSSR count). The molecule has 2 amide bonds. The van der Waals surface area contributed by atoms with Crippen molar-refractivity contribution in [2.75, 3.05) is 6.61 Å². The van der Waals surface area contributed by atoms with Crippen molar-refractivity contribution in [3.05, 3.63) is 0 Å². The SMILES string of the molecule is CC(=O)N(C(=O)C(C)O[C@@H]1[C@@H](N)[C@@H](O)O[C@H](CO)[C@H]1O)C(C)[C]=O. The Labute approximate surface area is 139 Å². The molecule has 24 heavy (non-hydrogen) atoms. The highest BCUT2D eigenvalue weighted by Gasteiger charge is 2.45. The fourth-order valence-corrected chi connectivity index (χ4v) is 2.44. The Bertz CT molecular complexity index is 474. The Balaban J connectivity index is 2.90. The maximum atomic E-state index is 12.3. The van der Waals surface area contributed by atoms with Crippen molar-refractivity contribution in [3.63, 3.8) is 0 Å². The zero-order chi connectivity index (χ0) is 18.6. The number of imide groups is 1. The van der Waals surface area contributed by atoms with Crippen LogP contribution in [-0.4, -0.2) is 87.7 Å². The van der Waals surface area contributed by atoms with Gasteiger partial charge in [0, 0.05) is 6.92 Å². The van der Waals surface area contributed by atoms with Crippen LogP contribution >= 0.6 is 0 Å². The molecule has 7 atom stereocenters. The molecule has 137 valence electrons. The maximum absolute atomic E-state index is 12.3. The second-order valence-corrected chi connectivity index (χ2v) is 5.58. The summed E-state index contributed by atoms with van der Waals surface area (Å²) < 4.78 is 10.3. The molecule has 1 heterocycles. The van der Waals surface area contributed by atoms with Crippen LogP contribution in [0, 0.1) is 0 Å². The number of rotatable bonds is 6. The van der Waals surface area contributed by atoms with Crippen molar-refractivity contribution in [1.82, 2.24) is 4.90 Å². The molecule has 0 aromatic heterocycles. The van der Waals surface area contributed by atoms with E-state index in [-0.39, 0.29) is 0 Å². The van der Waals surface area contributed by atoms with Gasteiger partial charge in [-0.3, -0.25) is 19.3 Å². The van der Waals surface area contributed by atoms with E-state index in [2.05, 4.69) is 0 Å². The number of aliphatic hydroxyl groups is 3. The van der Waals surface area contributed by atoms with Gasteiger partial charge >= 0.3 is 0 Å². The molecule has 0 aliphatic carbocycles. The molecule has 1 saturated heterocycles. The van der Waals surface area contributed by atoms with Crippen LogP contribution in [-0.2, 0) is 23.9 Å². The molecular formula is C14H23N2O8.